The molecule has 2 heterocycles. The van der Waals surface area contributed by atoms with Gasteiger partial charge in [0.25, 0.3) is 5.56 Å². The summed E-state index contributed by atoms with van der Waals surface area (Å²) in [5, 5.41) is 0. The lowest BCUT2D eigenvalue weighted by Crippen LogP contribution is -2.38. The molecule has 1 aliphatic heterocycles. The normalized spacial score (nSPS) is 18.4. The van der Waals surface area contributed by atoms with E-state index in [2.05, 4.69) is 0 Å². The molecule has 1 fully saturated rings. The second kappa shape index (κ2) is 13.8. The summed E-state index contributed by atoms with van der Waals surface area (Å²) in [5.41, 5.74) is 0.992. The molecule has 0 aliphatic carbocycles. The van der Waals surface area contributed by atoms with Crippen molar-refractivity contribution in [2.24, 2.45) is 0 Å². The molecule has 1 N–H and O–H groups in total. The lowest BCUT2D eigenvalue weighted by molar-refractivity contribution is -0.102. The highest BCUT2D eigenvalue weighted by Gasteiger charge is 2.42. The standard InChI is InChI=1S/C37H33FN2O5/c38-31-25-40(36(42)39-35(31)41)34-24-32(43-23-13-16-27-14-5-1-6-15-27)33(45-34)26-44-37(28-17-7-2-8-18-28,29-19-9-3-10-20-29)30-21-11-4-12-22-30/h1-22,25,32-34H,23-24,26H2,(H,39,41,42)/b16-13+/t32?,33-,34-/m0/s1. The summed E-state index contributed by atoms with van der Waals surface area (Å²) in [6.07, 6.45) is 2.99. The number of rotatable bonds is 11. The van der Waals surface area contributed by atoms with Crippen LogP contribution in [-0.2, 0) is 19.8 Å². The second-order valence-corrected chi connectivity index (χ2v) is 10.8. The number of nitrogens with one attached hydrogen (secondary N) is 1. The molecule has 7 nitrogen and oxygen atoms in total. The fourth-order valence-electron chi connectivity index (χ4n) is 5.77. The Morgan fingerprint density at radius 1 is 0.822 bits per heavy atom. The topological polar surface area (TPSA) is 82.6 Å². The van der Waals surface area contributed by atoms with E-state index in [4.69, 9.17) is 14.2 Å². The van der Waals surface area contributed by atoms with E-state index < -0.39 is 41.1 Å². The third-order valence-corrected chi connectivity index (χ3v) is 7.94. The highest BCUT2D eigenvalue weighted by Crippen LogP contribution is 2.41. The van der Waals surface area contributed by atoms with Gasteiger partial charge in [0.1, 0.15) is 17.9 Å². The average Bonchev–Trinajstić information content (AvgIpc) is 3.49. The zero-order chi connectivity index (χ0) is 31.1. The highest BCUT2D eigenvalue weighted by atomic mass is 19.1. The number of H-pyrrole nitrogens is 1. The first-order chi connectivity index (χ1) is 22.0. The van der Waals surface area contributed by atoms with Gasteiger partial charge in [-0.15, -0.1) is 0 Å². The molecule has 1 aromatic heterocycles. The van der Waals surface area contributed by atoms with E-state index in [1.165, 1.54) is 0 Å². The minimum atomic E-state index is -1.08. The largest absolute Gasteiger partial charge is 0.371 e. The van der Waals surface area contributed by atoms with Crippen LogP contribution < -0.4 is 11.2 Å². The van der Waals surface area contributed by atoms with E-state index in [0.717, 1.165) is 33.0 Å². The summed E-state index contributed by atoms with van der Waals surface area (Å²) < 4.78 is 35.0. The Hall–Kier alpha value is -4.89. The molecule has 0 bridgehead atoms. The molecule has 4 aromatic carbocycles. The number of aromatic nitrogens is 2. The molecule has 228 valence electrons. The molecule has 5 aromatic rings. The van der Waals surface area contributed by atoms with Crippen LogP contribution in [0.25, 0.3) is 6.08 Å². The molecule has 1 aliphatic rings. The van der Waals surface area contributed by atoms with Crippen molar-refractivity contribution in [3.8, 4) is 0 Å². The number of aromatic amines is 1. The number of benzene rings is 4. The minimum Gasteiger partial charge on any atom is -0.371 e. The third-order valence-electron chi connectivity index (χ3n) is 7.94. The molecular formula is C37H33FN2O5. The van der Waals surface area contributed by atoms with Crippen molar-refractivity contribution >= 4 is 6.08 Å². The number of nitrogens with zero attached hydrogens (tertiary/aromatic N) is 1. The molecule has 1 saturated heterocycles. The lowest BCUT2D eigenvalue weighted by Gasteiger charge is -2.37. The molecule has 3 atom stereocenters. The molecule has 0 radical (unpaired) electrons. The van der Waals surface area contributed by atoms with Crippen LogP contribution in [0.2, 0.25) is 0 Å². The number of hydrogen-bond acceptors (Lipinski definition) is 5. The van der Waals surface area contributed by atoms with Crippen molar-refractivity contribution in [3.05, 3.63) is 183 Å². The van der Waals surface area contributed by atoms with Gasteiger partial charge in [-0.1, -0.05) is 133 Å². The lowest BCUT2D eigenvalue weighted by atomic mass is 9.80. The van der Waals surface area contributed by atoms with E-state index in [0.29, 0.717) is 0 Å². The van der Waals surface area contributed by atoms with Crippen LogP contribution >= 0.6 is 0 Å². The zero-order valence-electron chi connectivity index (χ0n) is 24.5. The van der Waals surface area contributed by atoms with Gasteiger partial charge >= 0.3 is 5.69 Å². The Labute approximate surface area is 260 Å². The smallest absolute Gasteiger partial charge is 0.330 e. The van der Waals surface area contributed by atoms with E-state index in [9.17, 15) is 14.0 Å². The van der Waals surface area contributed by atoms with Gasteiger partial charge in [0, 0.05) is 6.42 Å². The van der Waals surface area contributed by atoms with Crippen molar-refractivity contribution in [3.63, 3.8) is 0 Å². The first-order valence-corrected chi connectivity index (χ1v) is 14.8. The Kier molecular flexibility index (Phi) is 9.26. The average molecular weight is 605 g/mol. The van der Waals surface area contributed by atoms with Gasteiger partial charge in [-0.25, -0.2) is 4.79 Å². The van der Waals surface area contributed by atoms with Gasteiger partial charge in [-0.05, 0) is 22.3 Å². The Morgan fingerprint density at radius 3 is 1.91 bits per heavy atom. The van der Waals surface area contributed by atoms with Gasteiger partial charge in [0.15, 0.2) is 0 Å². The maximum absolute atomic E-state index is 14.3. The van der Waals surface area contributed by atoms with Gasteiger partial charge < -0.3 is 14.2 Å². The molecule has 0 amide bonds. The second-order valence-electron chi connectivity index (χ2n) is 10.8. The van der Waals surface area contributed by atoms with E-state index >= 15 is 0 Å². The minimum absolute atomic E-state index is 0.0861. The van der Waals surface area contributed by atoms with Crippen molar-refractivity contribution in [1.82, 2.24) is 9.55 Å². The van der Waals surface area contributed by atoms with E-state index in [-0.39, 0.29) is 19.6 Å². The van der Waals surface area contributed by atoms with Crippen molar-refractivity contribution in [2.45, 2.75) is 30.5 Å². The highest BCUT2D eigenvalue weighted by molar-refractivity contribution is 5.49. The predicted molar refractivity (Wildman–Crippen MR) is 170 cm³/mol. The van der Waals surface area contributed by atoms with Gasteiger partial charge in [-0.3, -0.25) is 14.3 Å². The molecular weight excluding hydrogens is 571 g/mol. The molecule has 6 rings (SSSR count). The Morgan fingerprint density at radius 2 is 1.36 bits per heavy atom. The van der Waals surface area contributed by atoms with E-state index in [1.54, 1.807) is 0 Å². The predicted octanol–water partition coefficient (Wildman–Crippen LogP) is 6.07. The maximum atomic E-state index is 14.3. The van der Waals surface area contributed by atoms with Gasteiger partial charge in [0.2, 0.25) is 5.82 Å². The van der Waals surface area contributed by atoms with Crippen LogP contribution in [0.5, 0.6) is 0 Å². The molecule has 0 saturated carbocycles. The SMILES string of the molecule is O=c1[nH]c(=O)n([C@@H]2CC(OC/C=C/c3ccccc3)[C@H](COC(c3ccccc3)(c3ccccc3)c3ccccc3)O2)cc1F. The summed E-state index contributed by atoms with van der Waals surface area (Å²) in [4.78, 5) is 26.4. The van der Waals surface area contributed by atoms with Crippen LogP contribution in [0.3, 0.4) is 0 Å². The van der Waals surface area contributed by atoms with Gasteiger partial charge in [0.05, 0.1) is 25.5 Å². The summed E-state index contributed by atoms with van der Waals surface area (Å²) in [7, 11) is 0. The van der Waals surface area contributed by atoms with Crippen molar-refractivity contribution < 1.29 is 18.6 Å². The van der Waals surface area contributed by atoms with Crippen LogP contribution in [0.1, 0.15) is 34.9 Å². The fourth-order valence-corrected chi connectivity index (χ4v) is 5.77. The molecule has 1 unspecified atom stereocenters. The van der Waals surface area contributed by atoms with Crippen LogP contribution in [0.15, 0.2) is 143 Å². The zero-order valence-corrected chi connectivity index (χ0v) is 24.5. The number of halogens is 1. The summed E-state index contributed by atoms with van der Waals surface area (Å²) in [6, 6.07) is 39.8. The Balaban J connectivity index is 1.33. The molecule has 8 heteroatoms. The Bertz CT molecular complexity index is 1730. The summed E-state index contributed by atoms with van der Waals surface area (Å²) in [5.74, 6) is -1.07. The van der Waals surface area contributed by atoms with E-state index in [1.807, 2.05) is 138 Å². The van der Waals surface area contributed by atoms with Crippen molar-refractivity contribution in [2.75, 3.05) is 13.2 Å². The van der Waals surface area contributed by atoms with Crippen molar-refractivity contribution in [1.29, 1.82) is 0 Å². The van der Waals surface area contributed by atoms with Crippen LogP contribution in [0.4, 0.5) is 4.39 Å². The number of ether oxygens (including phenoxy) is 3. The maximum Gasteiger partial charge on any atom is 0.330 e. The number of hydrogen-bond donors (Lipinski definition) is 1. The monoisotopic (exact) mass is 604 g/mol. The molecule has 45 heavy (non-hydrogen) atoms. The van der Waals surface area contributed by atoms with Crippen LogP contribution in [0, 0.1) is 5.82 Å². The first kappa shape index (κ1) is 30.1. The summed E-state index contributed by atoms with van der Waals surface area (Å²) >= 11 is 0. The van der Waals surface area contributed by atoms with Crippen LogP contribution in [-0.4, -0.2) is 35.0 Å². The fraction of sp³-hybridized carbons (Fsp3) is 0.189. The van der Waals surface area contributed by atoms with Gasteiger partial charge in [-0.2, -0.15) is 4.39 Å². The quantitative estimate of drug-likeness (QED) is 0.185. The first-order valence-electron chi connectivity index (χ1n) is 14.8. The third kappa shape index (κ3) is 6.63. The molecule has 0 spiro atoms. The summed E-state index contributed by atoms with van der Waals surface area (Å²) in [6.45, 7) is 0.366.